The van der Waals surface area contributed by atoms with Crippen LogP contribution in [0.4, 0.5) is 11.4 Å². The maximum atomic E-state index is 12.2. The lowest BCUT2D eigenvalue weighted by atomic mass is 10.1. The molecule has 0 spiro atoms. The number of benzene rings is 1. The smallest absolute Gasteiger partial charge is 0.349 e. The number of aromatic nitrogens is 1. The predicted molar refractivity (Wildman–Crippen MR) is 108 cm³/mol. The van der Waals surface area contributed by atoms with Crippen molar-refractivity contribution in [2.24, 2.45) is 0 Å². The van der Waals surface area contributed by atoms with E-state index in [2.05, 4.69) is 10.3 Å². The van der Waals surface area contributed by atoms with E-state index in [0.29, 0.717) is 11.3 Å². The summed E-state index contributed by atoms with van der Waals surface area (Å²) < 4.78 is 5.10. The summed E-state index contributed by atoms with van der Waals surface area (Å²) in [5, 5.41) is 11.9. The number of hydrogen-bond acceptors (Lipinski definition) is 6. The minimum Gasteiger partial charge on any atom is -0.448 e. The summed E-state index contributed by atoms with van der Waals surface area (Å²) in [6.07, 6.45) is 1.76. The molecule has 0 aliphatic carbocycles. The molecule has 1 amide bonds. The Hall–Kier alpha value is -3.37. The summed E-state index contributed by atoms with van der Waals surface area (Å²) in [7, 11) is 3.82. The van der Waals surface area contributed by atoms with Crippen LogP contribution in [-0.2, 0) is 14.3 Å². The van der Waals surface area contributed by atoms with Gasteiger partial charge in [-0.15, -0.1) is 0 Å². The van der Waals surface area contributed by atoms with Crippen molar-refractivity contribution in [3.63, 3.8) is 0 Å². The lowest BCUT2D eigenvalue weighted by molar-refractivity contribution is -0.148. The van der Waals surface area contributed by atoms with Crippen molar-refractivity contribution >= 4 is 40.9 Å². The molecule has 7 nitrogen and oxygen atoms in total. The Kier molecular flexibility index (Phi) is 7.13. The number of esters is 1. The van der Waals surface area contributed by atoms with Crippen molar-refractivity contribution < 1.29 is 14.3 Å². The summed E-state index contributed by atoms with van der Waals surface area (Å²) in [5.74, 6) is -1.48. The number of ether oxygens (including phenoxy) is 1. The van der Waals surface area contributed by atoms with Crippen LogP contribution in [0.15, 0.2) is 48.2 Å². The molecule has 1 N–H and O–H groups in total. The van der Waals surface area contributed by atoms with Crippen LogP contribution in [0, 0.1) is 11.3 Å². The van der Waals surface area contributed by atoms with E-state index in [9.17, 15) is 14.9 Å². The number of carbonyl (C=O) groups is 2. The lowest BCUT2D eigenvalue weighted by Crippen LogP contribution is -2.30. The first kappa shape index (κ1) is 20.9. The number of nitrogens with one attached hydrogen (secondary N) is 1. The molecule has 2 rings (SSSR count). The third kappa shape index (κ3) is 5.56. The molecule has 144 valence electrons. The van der Waals surface area contributed by atoms with E-state index in [0.717, 1.165) is 5.69 Å². The number of carbonyl (C=O) groups excluding carboxylic acids is 2. The fourth-order valence-corrected chi connectivity index (χ4v) is 2.33. The summed E-state index contributed by atoms with van der Waals surface area (Å²) in [4.78, 5) is 30.2. The average Bonchev–Trinajstić information content (AvgIpc) is 2.67. The van der Waals surface area contributed by atoms with Gasteiger partial charge in [0.15, 0.2) is 11.3 Å². The molecule has 0 saturated heterocycles. The minimum atomic E-state index is -1.13. The van der Waals surface area contributed by atoms with Crippen LogP contribution in [0.2, 0.25) is 5.15 Å². The van der Waals surface area contributed by atoms with E-state index in [-0.39, 0.29) is 10.7 Å². The Labute approximate surface area is 168 Å². The molecule has 2 aromatic rings. The molecule has 0 bridgehead atoms. The van der Waals surface area contributed by atoms with Crippen LogP contribution >= 0.6 is 11.6 Å². The Balaban J connectivity index is 2.05. The number of pyridine rings is 1. The predicted octanol–water partition coefficient (Wildman–Crippen LogP) is 3.28. The largest absolute Gasteiger partial charge is 0.448 e. The summed E-state index contributed by atoms with van der Waals surface area (Å²) in [6, 6.07) is 12.3. The number of rotatable bonds is 6. The van der Waals surface area contributed by atoms with Gasteiger partial charge in [-0.05, 0) is 42.8 Å². The SMILES string of the molecule is C[C@@H](OC(=O)/C(C#N)=C/c1ccc(N(C)C)cc1)C(=O)Nc1cccnc1Cl. The summed E-state index contributed by atoms with van der Waals surface area (Å²) in [5.41, 5.74) is 1.74. The first-order valence-electron chi connectivity index (χ1n) is 8.33. The maximum absolute atomic E-state index is 12.2. The first-order chi connectivity index (χ1) is 13.3. The average molecular weight is 399 g/mol. The van der Waals surface area contributed by atoms with Crippen LogP contribution in [0.3, 0.4) is 0 Å². The number of nitrogens with zero attached hydrogens (tertiary/aromatic N) is 3. The molecule has 0 radical (unpaired) electrons. The molecule has 0 unspecified atom stereocenters. The second-order valence-electron chi connectivity index (χ2n) is 6.03. The molecule has 1 heterocycles. The Bertz CT molecular complexity index is 933. The third-order valence-electron chi connectivity index (χ3n) is 3.73. The zero-order valence-corrected chi connectivity index (χ0v) is 16.4. The lowest BCUT2D eigenvalue weighted by Gasteiger charge is -2.14. The summed E-state index contributed by atoms with van der Waals surface area (Å²) in [6.45, 7) is 1.40. The van der Waals surface area contributed by atoms with Gasteiger partial charge in [0.2, 0.25) is 0 Å². The molecule has 0 aliphatic rings. The van der Waals surface area contributed by atoms with E-state index >= 15 is 0 Å². The quantitative estimate of drug-likeness (QED) is 0.347. The van der Waals surface area contributed by atoms with Crippen LogP contribution in [-0.4, -0.2) is 37.1 Å². The van der Waals surface area contributed by atoms with Crippen LogP contribution in [0.5, 0.6) is 0 Å². The van der Waals surface area contributed by atoms with E-state index in [1.807, 2.05) is 31.1 Å². The number of nitriles is 1. The highest BCUT2D eigenvalue weighted by atomic mass is 35.5. The summed E-state index contributed by atoms with van der Waals surface area (Å²) >= 11 is 5.88. The van der Waals surface area contributed by atoms with Gasteiger partial charge in [-0.1, -0.05) is 23.7 Å². The van der Waals surface area contributed by atoms with E-state index in [1.54, 1.807) is 30.3 Å². The zero-order chi connectivity index (χ0) is 20.7. The molecular formula is C20H19ClN4O3. The number of halogens is 1. The van der Waals surface area contributed by atoms with Gasteiger partial charge in [0, 0.05) is 26.0 Å². The standard InChI is InChI=1S/C20H19ClN4O3/c1-13(19(26)24-17-5-4-10-23-18(17)21)28-20(27)15(12-22)11-14-6-8-16(9-7-14)25(2)3/h4-11,13H,1-3H3,(H,24,26)/b15-11+/t13-/m1/s1. The normalized spacial score (nSPS) is 11.9. The Morgan fingerprint density at radius 3 is 2.54 bits per heavy atom. The number of amides is 1. The van der Waals surface area contributed by atoms with Crippen molar-refractivity contribution in [1.82, 2.24) is 4.98 Å². The van der Waals surface area contributed by atoms with Gasteiger partial charge < -0.3 is 15.0 Å². The topological polar surface area (TPSA) is 95.3 Å². The molecule has 0 fully saturated rings. The van der Waals surface area contributed by atoms with E-state index in [4.69, 9.17) is 16.3 Å². The second-order valence-corrected chi connectivity index (χ2v) is 6.39. The van der Waals surface area contributed by atoms with Gasteiger partial charge in [0.05, 0.1) is 5.69 Å². The molecule has 8 heteroatoms. The molecular weight excluding hydrogens is 380 g/mol. The number of anilines is 2. The minimum absolute atomic E-state index is 0.119. The highest BCUT2D eigenvalue weighted by Gasteiger charge is 2.21. The van der Waals surface area contributed by atoms with E-state index in [1.165, 1.54) is 19.2 Å². The van der Waals surface area contributed by atoms with Crippen molar-refractivity contribution in [2.75, 3.05) is 24.3 Å². The maximum Gasteiger partial charge on any atom is 0.349 e. The second kappa shape index (κ2) is 9.53. The zero-order valence-electron chi connectivity index (χ0n) is 15.6. The highest BCUT2D eigenvalue weighted by molar-refractivity contribution is 6.32. The fourth-order valence-electron chi connectivity index (χ4n) is 2.16. The molecule has 0 aliphatic heterocycles. The fraction of sp³-hybridized carbons (Fsp3) is 0.200. The van der Waals surface area contributed by atoms with Crippen LogP contribution in [0.25, 0.3) is 6.08 Å². The van der Waals surface area contributed by atoms with E-state index < -0.39 is 18.0 Å². The molecule has 0 saturated carbocycles. The van der Waals surface area contributed by atoms with Crippen LogP contribution in [0.1, 0.15) is 12.5 Å². The molecule has 1 aromatic carbocycles. The monoisotopic (exact) mass is 398 g/mol. The van der Waals surface area contributed by atoms with Gasteiger partial charge >= 0.3 is 5.97 Å². The van der Waals surface area contributed by atoms with Gasteiger partial charge in [-0.2, -0.15) is 5.26 Å². The van der Waals surface area contributed by atoms with Crippen LogP contribution < -0.4 is 10.2 Å². The van der Waals surface area contributed by atoms with Gasteiger partial charge in [0.1, 0.15) is 11.6 Å². The Morgan fingerprint density at radius 2 is 1.96 bits per heavy atom. The molecule has 1 aromatic heterocycles. The molecule has 1 atom stereocenters. The van der Waals surface area contributed by atoms with Crippen molar-refractivity contribution in [3.8, 4) is 6.07 Å². The van der Waals surface area contributed by atoms with Crippen molar-refractivity contribution in [1.29, 1.82) is 5.26 Å². The van der Waals surface area contributed by atoms with Crippen molar-refractivity contribution in [2.45, 2.75) is 13.0 Å². The Morgan fingerprint density at radius 1 is 1.29 bits per heavy atom. The third-order valence-corrected chi connectivity index (χ3v) is 4.03. The highest BCUT2D eigenvalue weighted by Crippen LogP contribution is 2.18. The molecule has 28 heavy (non-hydrogen) atoms. The van der Waals surface area contributed by atoms with Crippen molar-refractivity contribution in [3.05, 3.63) is 58.9 Å². The number of hydrogen-bond donors (Lipinski definition) is 1. The first-order valence-corrected chi connectivity index (χ1v) is 8.71. The van der Waals surface area contributed by atoms with Gasteiger partial charge in [-0.3, -0.25) is 4.79 Å². The van der Waals surface area contributed by atoms with Gasteiger partial charge in [0.25, 0.3) is 5.91 Å². The van der Waals surface area contributed by atoms with Gasteiger partial charge in [-0.25, -0.2) is 9.78 Å².